The Morgan fingerprint density at radius 2 is 1.74 bits per heavy atom. The number of aliphatic carboxylic acids is 1. The zero-order valence-electron chi connectivity index (χ0n) is 17.2. The lowest BCUT2D eigenvalue weighted by atomic mass is 10.1. The van der Waals surface area contributed by atoms with Crippen molar-refractivity contribution in [1.29, 1.82) is 0 Å². The smallest absolute Gasteiger partial charge is 0.328 e. The molecular weight excluding hydrogens is 414 g/mol. The number of hydrogen-bond acceptors (Lipinski definition) is 5. The van der Waals surface area contributed by atoms with Gasteiger partial charge in [-0.1, -0.05) is 29.8 Å². The Morgan fingerprint density at radius 1 is 1.03 bits per heavy atom. The lowest BCUT2D eigenvalue weighted by Crippen LogP contribution is -2.47. The van der Waals surface area contributed by atoms with Crippen molar-refractivity contribution in [2.75, 3.05) is 44.2 Å². The number of aliphatic hydroxyl groups is 1. The quantitative estimate of drug-likeness (QED) is 0.589. The molecule has 0 unspecified atom stereocenters. The number of para-hydroxylation sites is 1. The highest BCUT2D eigenvalue weighted by atomic mass is 35.5. The Balaban J connectivity index is 0.000000176. The van der Waals surface area contributed by atoms with E-state index in [1.54, 1.807) is 18.3 Å². The highest BCUT2D eigenvalue weighted by molar-refractivity contribution is 6.30. The number of hydrogen-bond donors (Lipinski definition) is 2. The van der Waals surface area contributed by atoms with Crippen molar-refractivity contribution in [2.24, 2.45) is 0 Å². The average molecular weight is 440 g/mol. The number of piperazine rings is 1. The number of aromatic nitrogens is 1. The zero-order valence-corrected chi connectivity index (χ0v) is 17.9. The molecule has 1 aliphatic heterocycles. The highest BCUT2D eigenvalue weighted by Crippen LogP contribution is 2.19. The average Bonchev–Trinajstić information content (AvgIpc) is 2.79. The number of rotatable bonds is 5. The normalized spacial score (nSPS) is 14.5. The summed E-state index contributed by atoms with van der Waals surface area (Å²) in [4.78, 5) is 19.2. The summed E-state index contributed by atoms with van der Waals surface area (Å²) in [6.07, 6.45) is 4.37. The van der Waals surface area contributed by atoms with Gasteiger partial charge in [-0.25, -0.2) is 4.79 Å². The SMILES string of the molecule is O=C(O)/C=C/c1ccnc2ccccc12.OCCN1CCN(c2ccc(Cl)cc2)CC1. The predicted molar refractivity (Wildman–Crippen MR) is 126 cm³/mol. The second-order valence-corrected chi connectivity index (χ2v) is 7.55. The molecule has 2 N–H and O–H groups in total. The van der Waals surface area contributed by atoms with Crippen LogP contribution < -0.4 is 4.90 Å². The minimum Gasteiger partial charge on any atom is -0.478 e. The molecule has 4 rings (SSSR count). The summed E-state index contributed by atoms with van der Waals surface area (Å²) in [5.41, 5.74) is 2.96. The molecule has 1 aromatic heterocycles. The van der Waals surface area contributed by atoms with E-state index in [0.29, 0.717) is 0 Å². The summed E-state index contributed by atoms with van der Waals surface area (Å²) < 4.78 is 0. The van der Waals surface area contributed by atoms with Crippen LogP contribution in [-0.2, 0) is 4.79 Å². The van der Waals surface area contributed by atoms with Crippen LogP contribution in [0.15, 0.2) is 66.9 Å². The van der Waals surface area contributed by atoms with Gasteiger partial charge in [0.05, 0.1) is 12.1 Å². The number of halogens is 1. The third-order valence-corrected chi connectivity index (χ3v) is 5.32. The molecule has 1 aliphatic rings. The maximum atomic E-state index is 10.4. The van der Waals surface area contributed by atoms with Crippen molar-refractivity contribution in [2.45, 2.75) is 0 Å². The van der Waals surface area contributed by atoms with E-state index in [4.69, 9.17) is 21.8 Å². The lowest BCUT2D eigenvalue weighted by molar-refractivity contribution is -0.131. The van der Waals surface area contributed by atoms with Gasteiger partial charge in [-0.05, 0) is 48.0 Å². The lowest BCUT2D eigenvalue weighted by Gasteiger charge is -2.35. The van der Waals surface area contributed by atoms with Gasteiger partial charge in [-0.15, -0.1) is 0 Å². The van der Waals surface area contributed by atoms with Crippen molar-refractivity contribution < 1.29 is 15.0 Å². The van der Waals surface area contributed by atoms with E-state index in [9.17, 15) is 4.79 Å². The molecule has 1 saturated heterocycles. The number of benzene rings is 2. The fourth-order valence-electron chi connectivity index (χ4n) is 3.45. The van der Waals surface area contributed by atoms with Crippen molar-refractivity contribution in [3.8, 4) is 0 Å². The number of carbonyl (C=O) groups is 1. The first kappa shape index (κ1) is 22.7. The minimum absolute atomic E-state index is 0.251. The number of carboxylic acid groups (broad SMARTS) is 1. The molecule has 31 heavy (non-hydrogen) atoms. The standard InChI is InChI=1S/C12H17ClN2O.C12H9NO2/c13-11-1-3-12(4-2-11)15-7-5-14(6-8-15)9-10-16;14-12(15)6-5-9-7-8-13-11-4-2-1-3-10(9)11/h1-4,16H,5-10H2;1-8H,(H,14,15)/b;6-5+. The highest BCUT2D eigenvalue weighted by Gasteiger charge is 2.16. The first-order chi connectivity index (χ1) is 15.1. The van der Waals surface area contributed by atoms with Gasteiger partial charge in [-0.3, -0.25) is 9.88 Å². The van der Waals surface area contributed by atoms with Crippen LogP contribution >= 0.6 is 11.6 Å². The number of anilines is 1. The Bertz CT molecular complexity index is 1010. The van der Waals surface area contributed by atoms with Gasteiger partial charge in [0.2, 0.25) is 0 Å². The predicted octanol–water partition coefficient (Wildman–Crippen LogP) is 3.79. The number of β-amino-alcohol motifs (C(OH)–C–C–N with tert-alkyl or cyclic N) is 1. The largest absolute Gasteiger partial charge is 0.478 e. The van der Waals surface area contributed by atoms with Gasteiger partial charge in [0, 0.05) is 61.1 Å². The molecule has 0 saturated carbocycles. The molecule has 6 nitrogen and oxygen atoms in total. The summed E-state index contributed by atoms with van der Waals surface area (Å²) in [7, 11) is 0. The topological polar surface area (TPSA) is 76.9 Å². The molecular formula is C24H26ClN3O3. The van der Waals surface area contributed by atoms with Crippen LogP contribution in [-0.4, -0.2) is 65.4 Å². The van der Waals surface area contributed by atoms with Crippen LogP contribution in [0.5, 0.6) is 0 Å². The molecule has 3 aromatic rings. The van der Waals surface area contributed by atoms with E-state index in [2.05, 4.69) is 26.9 Å². The van der Waals surface area contributed by atoms with Gasteiger partial charge < -0.3 is 15.1 Å². The van der Waals surface area contributed by atoms with Crippen LogP contribution in [0, 0.1) is 0 Å². The fraction of sp³-hybridized carbons (Fsp3) is 0.250. The maximum Gasteiger partial charge on any atom is 0.328 e. The van der Waals surface area contributed by atoms with Gasteiger partial charge >= 0.3 is 5.97 Å². The molecule has 0 amide bonds. The van der Waals surface area contributed by atoms with E-state index in [1.807, 2.05) is 36.4 Å². The first-order valence-electron chi connectivity index (χ1n) is 10.2. The Hall–Kier alpha value is -2.93. The molecule has 2 aromatic carbocycles. The number of carboxylic acids is 1. The van der Waals surface area contributed by atoms with E-state index in [-0.39, 0.29) is 6.61 Å². The van der Waals surface area contributed by atoms with E-state index in [0.717, 1.165) is 60.3 Å². The van der Waals surface area contributed by atoms with Gasteiger partial charge in [0.25, 0.3) is 0 Å². The number of pyridine rings is 1. The van der Waals surface area contributed by atoms with Crippen LogP contribution in [0.1, 0.15) is 5.56 Å². The van der Waals surface area contributed by atoms with Crippen molar-refractivity contribution in [3.63, 3.8) is 0 Å². The van der Waals surface area contributed by atoms with Crippen LogP contribution in [0.3, 0.4) is 0 Å². The van der Waals surface area contributed by atoms with Crippen LogP contribution in [0.25, 0.3) is 17.0 Å². The molecule has 1 fully saturated rings. The number of nitrogens with zero attached hydrogens (tertiary/aromatic N) is 3. The summed E-state index contributed by atoms with van der Waals surface area (Å²) in [6, 6.07) is 17.4. The summed E-state index contributed by atoms with van der Waals surface area (Å²) >= 11 is 5.86. The number of aliphatic hydroxyl groups excluding tert-OH is 1. The summed E-state index contributed by atoms with van der Waals surface area (Å²) in [5.74, 6) is -0.948. The molecule has 0 spiro atoms. The molecule has 0 bridgehead atoms. The zero-order chi connectivity index (χ0) is 22.1. The Labute approximate surface area is 187 Å². The molecule has 162 valence electrons. The molecule has 0 atom stereocenters. The molecule has 7 heteroatoms. The number of fused-ring (bicyclic) bond motifs is 1. The van der Waals surface area contributed by atoms with Gasteiger partial charge in [-0.2, -0.15) is 0 Å². The fourth-order valence-corrected chi connectivity index (χ4v) is 3.57. The summed E-state index contributed by atoms with van der Waals surface area (Å²) in [5, 5.41) is 19.1. The van der Waals surface area contributed by atoms with Crippen LogP contribution in [0.4, 0.5) is 5.69 Å². The molecule has 0 radical (unpaired) electrons. The molecule has 2 heterocycles. The van der Waals surface area contributed by atoms with E-state index in [1.165, 1.54) is 5.69 Å². The Kier molecular flexibility index (Phi) is 8.41. The van der Waals surface area contributed by atoms with Crippen molar-refractivity contribution in [1.82, 2.24) is 9.88 Å². The van der Waals surface area contributed by atoms with Gasteiger partial charge in [0.1, 0.15) is 0 Å². The maximum absolute atomic E-state index is 10.4. The van der Waals surface area contributed by atoms with Crippen molar-refractivity contribution in [3.05, 3.63) is 77.5 Å². The monoisotopic (exact) mass is 439 g/mol. The van der Waals surface area contributed by atoms with E-state index >= 15 is 0 Å². The minimum atomic E-state index is -0.948. The Morgan fingerprint density at radius 3 is 2.42 bits per heavy atom. The van der Waals surface area contributed by atoms with E-state index < -0.39 is 5.97 Å². The van der Waals surface area contributed by atoms with Crippen molar-refractivity contribution >= 4 is 40.2 Å². The van der Waals surface area contributed by atoms with Crippen LogP contribution in [0.2, 0.25) is 5.02 Å². The third kappa shape index (κ3) is 6.79. The second-order valence-electron chi connectivity index (χ2n) is 7.12. The van der Waals surface area contributed by atoms with Gasteiger partial charge in [0.15, 0.2) is 0 Å². The molecule has 0 aliphatic carbocycles. The summed E-state index contributed by atoms with van der Waals surface area (Å²) in [6.45, 7) is 5.10. The third-order valence-electron chi connectivity index (χ3n) is 5.07. The first-order valence-corrected chi connectivity index (χ1v) is 10.5. The second kappa shape index (κ2) is 11.5.